The van der Waals surface area contributed by atoms with Gasteiger partial charge in [-0.1, -0.05) is 12.8 Å². The van der Waals surface area contributed by atoms with Crippen LogP contribution in [0.15, 0.2) is 5.38 Å². The fraction of sp³-hybridized carbons (Fsp3) is 0.727. The van der Waals surface area contributed by atoms with Gasteiger partial charge in [0.05, 0.1) is 5.69 Å². The third-order valence-corrected chi connectivity index (χ3v) is 3.99. The van der Waals surface area contributed by atoms with Crippen LogP contribution in [0, 0.1) is 0 Å². The second-order valence-corrected chi connectivity index (χ2v) is 5.48. The topological polar surface area (TPSA) is 33.1 Å². The molecule has 0 amide bonds. The van der Waals surface area contributed by atoms with Gasteiger partial charge in [0.1, 0.15) is 10.6 Å². The fourth-order valence-electron chi connectivity index (χ4n) is 1.98. The van der Waals surface area contributed by atoms with Crippen molar-refractivity contribution in [1.82, 2.24) is 4.98 Å². The molecular formula is C11H17NOS. The number of hydrogen-bond acceptors (Lipinski definition) is 3. The first-order valence-corrected chi connectivity index (χ1v) is 6.13. The minimum Gasteiger partial charge on any atom is -0.383 e. The monoisotopic (exact) mass is 211 g/mol. The quantitative estimate of drug-likeness (QED) is 0.815. The molecule has 78 valence electrons. The zero-order valence-electron chi connectivity index (χ0n) is 8.79. The summed E-state index contributed by atoms with van der Waals surface area (Å²) < 4.78 is 0. The predicted molar refractivity (Wildman–Crippen MR) is 58.6 cm³/mol. The molecule has 2 nitrogen and oxygen atoms in total. The summed E-state index contributed by atoms with van der Waals surface area (Å²) in [7, 11) is 0. The molecule has 1 heterocycles. The normalized spacial score (nSPS) is 19.1. The number of aromatic nitrogens is 1. The molecule has 1 aliphatic rings. The van der Waals surface area contributed by atoms with E-state index in [0.29, 0.717) is 5.92 Å². The minimum absolute atomic E-state index is 0.655. The summed E-state index contributed by atoms with van der Waals surface area (Å²) in [6, 6.07) is 0. The molecule has 0 radical (unpaired) electrons. The Morgan fingerprint density at radius 1 is 1.43 bits per heavy atom. The van der Waals surface area contributed by atoms with Gasteiger partial charge >= 0.3 is 0 Å². The molecule has 1 aliphatic carbocycles. The van der Waals surface area contributed by atoms with Crippen LogP contribution in [0.25, 0.3) is 0 Å². The van der Waals surface area contributed by atoms with Crippen molar-refractivity contribution in [2.24, 2.45) is 0 Å². The van der Waals surface area contributed by atoms with E-state index in [1.807, 2.05) is 0 Å². The predicted octanol–water partition coefficient (Wildman–Crippen LogP) is 3.03. The summed E-state index contributed by atoms with van der Waals surface area (Å²) in [5, 5.41) is 12.8. The van der Waals surface area contributed by atoms with Gasteiger partial charge in [-0.2, -0.15) is 0 Å². The molecule has 3 heteroatoms. The first kappa shape index (κ1) is 10.1. The van der Waals surface area contributed by atoms with Gasteiger partial charge in [-0.05, 0) is 26.7 Å². The standard InChI is InChI=1S/C11H17NOS/c1-11(2,13)10-12-9(7-14-10)8-5-3-4-6-8/h7-8,13H,3-6H2,1-2H3. The Bertz CT molecular complexity index is 307. The van der Waals surface area contributed by atoms with Crippen LogP contribution >= 0.6 is 11.3 Å². The zero-order chi connectivity index (χ0) is 10.2. The minimum atomic E-state index is -0.776. The van der Waals surface area contributed by atoms with E-state index in [2.05, 4.69) is 10.4 Å². The van der Waals surface area contributed by atoms with Crippen LogP contribution in [0.2, 0.25) is 0 Å². The van der Waals surface area contributed by atoms with Gasteiger partial charge in [-0.3, -0.25) is 0 Å². The number of hydrogen-bond donors (Lipinski definition) is 1. The fourth-order valence-corrected chi connectivity index (χ4v) is 2.90. The summed E-state index contributed by atoms with van der Waals surface area (Å²) in [6.07, 6.45) is 5.21. The molecule has 0 unspecified atom stereocenters. The van der Waals surface area contributed by atoms with E-state index < -0.39 is 5.60 Å². The Balaban J connectivity index is 2.17. The lowest BCUT2D eigenvalue weighted by Gasteiger charge is -2.13. The zero-order valence-corrected chi connectivity index (χ0v) is 9.60. The van der Waals surface area contributed by atoms with Gasteiger partial charge in [-0.15, -0.1) is 11.3 Å². The van der Waals surface area contributed by atoms with Crippen molar-refractivity contribution in [2.75, 3.05) is 0 Å². The highest BCUT2D eigenvalue weighted by atomic mass is 32.1. The van der Waals surface area contributed by atoms with Gasteiger partial charge in [0.15, 0.2) is 0 Å². The molecule has 0 atom stereocenters. The average Bonchev–Trinajstić information content (AvgIpc) is 2.73. The summed E-state index contributed by atoms with van der Waals surface area (Å²) in [5.74, 6) is 0.655. The Hall–Kier alpha value is -0.410. The Labute approximate surface area is 89.0 Å². The summed E-state index contributed by atoms with van der Waals surface area (Å²) in [6.45, 7) is 3.59. The van der Waals surface area contributed by atoms with Crippen molar-refractivity contribution >= 4 is 11.3 Å². The Morgan fingerprint density at radius 3 is 2.57 bits per heavy atom. The third kappa shape index (κ3) is 1.98. The molecule has 0 aromatic carbocycles. The van der Waals surface area contributed by atoms with Crippen LogP contribution in [0.4, 0.5) is 0 Å². The van der Waals surface area contributed by atoms with E-state index in [1.54, 1.807) is 25.2 Å². The van der Waals surface area contributed by atoms with Gasteiger partial charge in [0.25, 0.3) is 0 Å². The van der Waals surface area contributed by atoms with Crippen molar-refractivity contribution < 1.29 is 5.11 Å². The molecule has 2 rings (SSSR count). The second kappa shape index (κ2) is 3.63. The van der Waals surface area contributed by atoms with Crippen LogP contribution in [-0.2, 0) is 5.60 Å². The van der Waals surface area contributed by atoms with E-state index in [9.17, 15) is 5.11 Å². The number of thiazole rings is 1. The molecule has 1 aromatic heterocycles. The first-order chi connectivity index (χ1) is 6.57. The lowest BCUT2D eigenvalue weighted by atomic mass is 10.1. The van der Waals surface area contributed by atoms with Crippen molar-refractivity contribution in [3.05, 3.63) is 16.1 Å². The van der Waals surface area contributed by atoms with Crippen LogP contribution in [-0.4, -0.2) is 10.1 Å². The molecule has 1 aromatic rings. The molecule has 14 heavy (non-hydrogen) atoms. The first-order valence-electron chi connectivity index (χ1n) is 5.25. The van der Waals surface area contributed by atoms with E-state index in [4.69, 9.17) is 0 Å². The maximum Gasteiger partial charge on any atom is 0.124 e. The van der Waals surface area contributed by atoms with Crippen molar-refractivity contribution in [1.29, 1.82) is 0 Å². The number of aliphatic hydroxyl groups is 1. The number of rotatable bonds is 2. The van der Waals surface area contributed by atoms with Crippen LogP contribution in [0.3, 0.4) is 0 Å². The van der Waals surface area contributed by atoms with Gasteiger partial charge in [-0.25, -0.2) is 4.98 Å². The number of nitrogens with zero attached hydrogens (tertiary/aromatic N) is 1. The van der Waals surface area contributed by atoms with Gasteiger partial charge in [0.2, 0.25) is 0 Å². The van der Waals surface area contributed by atoms with E-state index in [-0.39, 0.29) is 0 Å². The molecule has 0 saturated heterocycles. The van der Waals surface area contributed by atoms with Gasteiger partial charge < -0.3 is 5.11 Å². The SMILES string of the molecule is CC(C)(O)c1nc(C2CCCC2)cs1. The van der Waals surface area contributed by atoms with E-state index in [0.717, 1.165) is 5.01 Å². The second-order valence-electron chi connectivity index (χ2n) is 4.62. The molecule has 1 saturated carbocycles. The van der Waals surface area contributed by atoms with Crippen molar-refractivity contribution in [3.8, 4) is 0 Å². The lowest BCUT2D eigenvalue weighted by Crippen LogP contribution is -2.15. The highest BCUT2D eigenvalue weighted by Gasteiger charge is 2.24. The highest BCUT2D eigenvalue weighted by molar-refractivity contribution is 7.09. The van der Waals surface area contributed by atoms with Crippen LogP contribution in [0.1, 0.15) is 56.2 Å². The van der Waals surface area contributed by atoms with E-state index >= 15 is 0 Å². The molecule has 0 bridgehead atoms. The summed E-state index contributed by atoms with van der Waals surface area (Å²) in [4.78, 5) is 4.53. The maximum atomic E-state index is 9.79. The Kier molecular flexibility index (Phi) is 2.62. The molecule has 1 fully saturated rings. The third-order valence-electron chi connectivity index (χ3n) is 2.82. The maximum absolute atomic E-state index is 9.79. The molecule has 0 spiro atoms. The molecule has 0 aliphatic heterocycles. The largest absolute Gasteiger partial charge is 0.383 e. The summed E-state index contributed by atoms with van der Waals surface area (Å²) >= 11 is 1.58. The van der Waals surface area contributed by atoms with Crippen molar-refractivity contribution in [3.63, 3.8) is 0 Å². The van der Waals surface area contributed by atoms with Crippen LogP contribution < -0.4 is 0 Å². The van der Waals surface area contributed by atoms with Crippen LogP contribution in [0.5, 0.6) is 0 Å². The van der Waals surface area contributed by atoms with E-state index in [1.165, 1.54) is 31.4 Å². The van der Waals surface area contributed by atoms with Gasteiger partial charge in [0, 0.05) is 11.3 Å². The smallest absolute Gasteiger partial charge is 0.124 e. The summed E-state index contributed by atoms with van der Waals surface area (Å²) in [5.41, 5.74) is 0.422. The van der Waals surface area contributed by atoms with Crippen molar-refractivity contribution in [2.45, 2.75) is 51.0 Å². The molecule has 1 N–H and O–H groups in total. The molecular weight excluding hydrogens is 194 g/mol. The average molecular weight is 211 g/mol. The Morgan fingerprint density at radius 2 is 2.07 bits per heavy atom. The highest BCUT2D eigenvalue weighted by Crippen LogP contribution is 2.35. The lowest BCUT2D eigenvalue weighted by molar-refractivity contribution is 0.0780.